The molecule has 0 radical (unpaired) electrons. The van der Waals surface area contributed by atoms with Crippen LogP contribution in [0.2, 0.25) is 0 Å². The Kier molecular flexibility index (Phi) is 3.46. The van der Waals surface area contributed by atoms with Crippen molar-refractivity contribution in [3.05, 3.63) is 41.8 Å². The summed E-state index contributed by atoms with van der Waals surface area (Å²) in [5, 5.41) is 12.6. The highest BCUT2D eigenvalue weighted by Crippen LogP contribution is 2.08. The van der Waals surface area contributed by atoms with E-state index in [2.05, 4.69) is 21.2 Å². The van der Waals surface area contributed by atoms with Crippen molar-refractivity contribution in [3.63, 3.8) is 0 Å². The van der Waals surface area contributed by atoms with Crippen LogP contribution < -0.4 is 0 Å². The van der Waals surface area contributed by atoms with Crippen LogP contribution in [0.4, 0.5) is 0 Å². The predicted octanol–water partition coefficient (Wildman–Crippen LogP) is 1.76. The third-order valence-corrected chi connectivity index (χ3v) is 2.28. The molecule has 0 aliphatic heterocycles. The van der Waals surface area contributed by atoms with E-state index in [0.29, 0.717) is 24.6 Å². The third kappa shape index (κ3) is 3.11. The first-order valence-electron chi connectivity index (χ1n) is 5.39. The van der Waals surface area contributed by atoms with Gasteiger partial charge in [-0.3, -0.25) is 4.98 Å². The molecular weight excluding hydrogens is 216 g/mol. The lowest BCUT2D eigenvalue weighted by molar-refractivity contribution is 0.365. The molecular formula is C12H12N4O. The lowest BCUT2D eigenvalue weighted by Gasteiger charge is -1.94. The molecule has 2 aromatic heterocycles. The highest BCUT2D eigenvalue weighted by atomic mass is 16.5. The molecule has 2 rings (SSSR count). The van der Waals surface area contributed by atoms with Crippen molar-refractivity contribution in [2.75, 3.05) is 0 Å². The maximum Gasteiger partial charge on any atom is 0.227 e. The van der Waals surface area contributed by atoms with Crippen LogP contribution in [-0.2, 0) is 12.8 Å². The molecule has 0 amide bonds. The largest absolute Gasteiger partial charge is 0.339 e. The van der Waals surface area contributed by atoms with Crippen LogP contribution in [0.15, 0.2) is 28.9 Å². The molecule has 0 aliphatic carbocycles. The molecule has 2 heterocycles. The normalized spacial score (nSPS) is 12.0. The van der Waals surface area contributed by atoms with Gasteiger partial charge in [0.15, 0.2) is 5.82 Å². The molecule has 5 nitrogen and oxygen atoms in total. The SMILES string of the molecule is CC(C#N)Cc1nc(Cc2ccccn2)no1. The summed E-state index contributed by atoms with van der Waals surface area (Å²) in [5.74, 6) is 0.993. The molecule has 0 aliphatic rings. The van der Waals surface area contributed by atoms with E-state index in [1.807, 2.05) is 25.1 Å². The second-order valence-corrected chi connectivity index (χ2v) is 3.84. The quantitative estimate of drug-likeness (QED) is 0.796. The Morgan fingerprint density at radius 3 is 3.06 bits per heavy atom. The summed E-state index contributed by atoms with van der Waals surface area (Å²) < 4.78 is 5.07. The zero-order valence-electron chi connectivity index (χ0n) is 9.50. The van der Waals surface area contributed by atoms with Crippen molar-refractivity contribution in [3.8, 4) is 6.07 Å². The molecule has 1 atom stereocenters. The maximum atomic E-state index is 8.69. The smallest absolute Gasteiger partial charge is 0.227 e. The Morgan fingerprint density at radius 2 is 2.35 bits per heavy atom. The number of hydrogen-bond donors (Lipinski definition) is 0. The molecule has 86 valence electrons. The Bertz CT molecular complexity index is 515. The monoisotopic (exact) mass is 228 g/mol. The van der Waals surface area contributed by atoms with E-state index >= 15 is 0 Å². The lowest BCUT2D eigenvalue weighted by atomic mass is 10.1. The van der Waals surface area contributed by atoms with Gasteiger partial charge in [-0.15, -0.1) is 0 Å². The van der Waals surface area contributed by atoms with E-state index < -0.39 is 0 Å². The van der Waals surface area contributed by atoms with Gasteiger partial charge in [0.05, 0.1) is 18.4 Å². The van der Waals surface area contributed by atoms with Crippen LogP contribution in [0.5, 0.6) is 0 Å². The van der Waals surface area contributed by atoms with Crippen LogP contribution >= 0.6 is 0 Å². The predicted molar refractivity (Wildman–Crippen MR) is 59.8 cm³/mol. The highest BCUT2D eigenvalue weighted by molar-refractivity contribution is 5.09. The minimum atomic E-state index is -0.113. The number of pyridine rings is 1. The van der Waals surface area contributed by atoms with Crippen LogP contribution in [0.25, 0.3) is 0 Å². The molecule has 2 aromatic rings. The number of aromatic nitrogens is 3. The van der Waals surface area contributed by atoms with Gasteiger partial charge in [0.1, 0.15) is 0 Å². The van der Waals surface area contributed by atoms with E-state index in [1.165, 1.54) is 0 Å². The number of nitriles is 1. The van der Waals surface area contributed by atoms with Gasteiger partial charge in [-0.25, -0.2) is 0 Å². The van der Waals surface area contributed by atoms with Crippen molar-refractivity contribution in [1.82, 2.24) is 15.1 Å². The van der Waals surface area contributed by atoms with E-state index in [0.717, 1.165) is 5.69 Å². The van der Waals surface area contributed by atoms with Gasteiger partial charge in [0.25, 0.3) is 0 Å². The minimum absolute atomic E-state index is 0.113. The van der Waals surface area contributed by atoms with Crippen LogP contribution in [0, 0.1) is 17.2 Å². The molecule has 5 heteroatoms. The second kappa shape index (κ2) is 5.21. The standard InChI is InChI=1S/C12H12N4O/c1-9(8-13)6-12-15-11(16-17-12)7-10-4-2-3-5-14-10/h2-5,9H,6-7H2,1H3. The van der Waals surface area contributed by atoms with E-state index in [-0.39, 0.29) is 5.92 Å². The molecule has 17 heavy (non-hydrogen) atoms. The summed E-state index contributed by atoms with van der Waals surface area (Å²) in [6, 6.07) is 7.82. The zero-order chi connectivity index (χ0) is 12.1. The molecule has 0 aromatic carbocycles. The number of rotatable bonds is 4. The van der Waals surface area contributed by atoms with Gasteiger partial charge in [-0.1, -0.05) is 11.2 Å². The van der Waals surface area contributed by atoms with E-state index in [9.17, 15) is 0 Å². The van der Waals surface area contributed by atoms with Gasteiger partial charge in [-0.05, 0) is 19.1 Å². The summed E-state index contributed by atoms with van der Waals surface area (Å²) in [6.07, 6.45) is 2.77. The first-order chi connectivity index (χ1) is 8.28. The van der Waals surface area contributed by atoms with Gasteiger partial charge >= 0.3 is 0 Å². The first-order valence-corrected chi connectivity index (χ1v) is 5.39. The molecule has 1 unspecified atom stereocenters. The average Bonchev–Trinajstić information content (AvgIpc) is 2.77. The molecule has 0 saturated carbocycles. The summed E-state index contributed by atoms with van der Waals surface area (Å²) >= 11 is 0. The van der Waals surface area contributed by atoms with Crippen LogP contribution in [-0.4, -0.2) is 15.1 Å². The lowest BCUT2D eigenvalue weighted by Crippen LogP contribution is -1.97. The molecule has 0 spiro atoms. The fourth-order valence-electron chi connectivity index (χ4n) is 1.42. The summed E-state index contributed by atoms with van der Waals surface area (Å²) in [7, 11) is 0. The Hall–Kier alpha value is -2.22. The Labute approximate surface area is 99.1 Å². The molecule has 0 saturated heterocycles. The van der Waals surface area contributed by atoms with Crippen LogP contribution in [0.3, 0.4) is 0 Å². The van der Waals surface area contributed by atoms with Crippen molar-refractivity contribution < 1.29 is 4.52 Å². The highest BCUT2D eigenvalue weighted by Gasteiger charge is 2.10. The Morgan fingerprint density at radius 1 is 1.47 bits per heavy atom. The summed E-state index contributed by atoms with van der Waals surface area (Å²) in [5.41, 5.74) is 0.896. The fraction of sp³-hybridized carbons (Fsp3) is 0.333. The topological polar surface area (TPSA) is 75.6 Å². The van der Waals surface area contributed by atoms with Crippen molar-refractivity contribution in [2.24, 2.45) is 5.92 Å². The fourth-order valence-corrected chi connectivity index (χ4v) is 1.42. The Balaban J connectivity index is 2.02. The minimum Gasteiger partial charge on any atom is -0.339 e. The molecule has 0 fully saturated rings. The van der Waals surface area contributed by atoms with E-state index in [1.54, 1.807) is 6.20 Å². The van der Waals surface area contributed by atoms with E-state index in [4.69, 9.17) is 9.78 Å². The third-order valence-electron chi connectivity index (χ3n) is 2.28. The van der Waals surface area contributed by atoms with Crippen molar-refractivity contribution in [2.45, 2.75) is 19.8 Å². The summed E-state index contributed by atoms with van der Waals surface area (Å²) in [4.78, 5) is 8.41. The van der Waals surface area contributed by atoms with Gasteiger partial charge in [0, 0.05) is 18.3 Å². The summed E-state index contributed by atoms with van der Waals surface area (Å²) in [6.45, 7) is 1.82. The average molecular weight is 228 g/mol. The maximum absolute atomic E-state index is 8.69. The molecule has 0 N–H and O–H groups in total. The number of nitrogens with zero attached hydrogens (tertiary/aromatic N) is 4. The molecule has 0 bridgehead atoms. The second-order valence-electron chi connectivity index (χ2n) is 3.84. The van der Waals surface area contributed by atoms with Crippen molar-refractivity contribution >= 4 is 0 Å². The number of hydrogen-bond acceptors (Lipinski definition) is 5. The van der Waals surface area contributed by atoms with Crippen molar-refractivity contribution in [1.29, 1.82) is 5.26 Å². The van der Waals surface area contributed by atoms with Crippen LogP contribution in [0.1, 0.15) is 24.3 Å². The first kappa shape index (κ1) is 11.3. The van der Waals surface area contributed by atoms with Gasteiger partial charge in [0.2, 0.25) is 5.89 Å². The van der Waals surface area contributed by atoms with Gasteiger partial charge in [-0.2, -0.15) is 10.2 Å². The zero-order valence-corrected chi connectivity index (χ0v) is 9.50. The van der Waals surface area contributed by atoms with Gasteiger partial charge < -0.3 is 4.52 Å².